The molecule has 0 radical (unpaired) electrons. The Kier molecular flexibility index (Phi) is 9.07. The second-order valence-electron chi connectivity index (χ2n) is 9.32. The first kappa shape index (κ1) is 28.1. The molecule has 1 fully saturated rings. The molecular weight excluding hydrogens is 534 g/mol. The van der Waals surface area contributed by atoms with Crippen molar-refractivity contribution in [2.45, 2.75) is 6.42 Å². The number of carbonyl (C=O) groups excluding carboxylic acids is 1. The van der Waals surface area contributed by atoms with Crippen LogP contribution < -0.4 is 24.8 Å². The van der Waals surface area contributed by atoms with Gasteiger partial charge in [-0.2, -0.15) is 0 Å². The normalized spacial score (nSPS) is 13.5. The first-order chi connectivity index (χ1) is 20.0. The van der Waals surface area contributed by atoms with Gasteiger partial charge in [-0.1, -0.05) is 0 Å². The third kappa shape index (κ3) is 7.38. The van der Waals surface area contributed by atoms with Crippen LogP contribution in [-0.2, 0) is 4.74 Å². The van der Waals surface area contributed by atoms with Gasteiger partial charge in [0.25, 0.3) is 0 Å². The fraction of sp³-hybridized carbons (Fsp3) is 0.267. The highest BCUT2D eigenvalue weighted by molar-refractivity contribution is 5.99. The lowest BCUT2D eigenvalue weighted by Gasteiger charge is -2.26. The van der Waals surface area contributed by atoms with E-state index in [1.165, 1.54) is 36.4 Å². The van der Waals surface area contributed by atoms with E-state index in [4.69, 9.17) is 18.9 Å². The maximum absolute atomic E-state index is 15.0. The summed E-state index contributed by atoms with van der Waals surface area (Å²) in [7, 11) is 1.55. The monoisotopic (exact) mass is 564 g/mol. The number of halogens is 2. The summed E-state index contributed by atoms with van der Waals surface area (Å²) in [5, 5.41) is 5.71. The number of carbonyl (C=O) groups is 1. The van der Waals surface area contributed by atoms with Crippen molar-refractivity contribution in [3.8, 4) is 23.0 Å². The first-order valence-electron chi connectivity index (χ1n) is 13.2. The predicted octanol–water partition coefficient (Wildman–Crippen LogP) is 6.06. The Hall–Kier alpha value is -4.48. The number of benzene rings is 3. The number of aromatic nitrogens is 1. The van der Waals surface area contributed by atoms with Crippen molar-refractivity contribution >= 4 is 28.3 Å². The molecule has 11 heteroatoms. The van der Waals surface area contributed by atoms with E-state index in [0.29, 0.717) is 40.4 Å². The molecule has 0 aliphatic carbocycles. The molecule has 0 unspecified atom stereocenters. The molecule has 4 aromatic rings. The van der Waals surface area contributed by atoms with Gasteiger partial charge in [-0.25, -0.2) is 13.6 Å². The van der Waals surface area contributed by atoms with Gasteiger partial charge in [0.1, 0.15) is 11.6 Å². The van der Waals surface area contributed by atoms with Crippen LogP contribution in [0.15, 0.2) is 66.9 Å². The number of rotatable bonds is 10. The van der Waals surface area contributed by atoms with Gasteiger partial charge in [0.15, 0.2) is 23.1 Å². The summed E-state index contributed by atoms with van der Waals surface area (Å²) in [6, 6.07) is 13.9. The van der Waals surface area contributed by atoms with Crippen molar-refractivity contribution in [2.75, 3.05) is 57.2 Å². The van der Waals surface area contributed by atoms with E-state index in [0.717, 1.165) is 45.3 Å². The summed E-state index contributed by atoms with van der Waals surface area (Å²) in [6.07, 6.45) is 2.43. The summed E-state index contributed by atoms with van der Waals surface area (Å²) >= 11 is 0. The molecule has 0 atom stereocenters. The number of hydrogen-bond donors (Lipinski definition) is 2. The van der Waals surface area contributed by atoms with Crippen LogP contribution >= 0.6 is 0 Å². The minimum Gasteiger partial charge on any atom is -0.493 e. The van der Waals surface area contributed by atoms with Crippen LogP contribution in [0, 0.1) is 11.6 Å². The minimum atomic E-state index is -0.679. The molecule has 1 saturated heterocycles. The first-order valence-corrected chi connectivity index (χ1v) is 13.2. The molecule has 0 saturated carbocycles. The molecule has 2 heterocycles. The highest BCUT2D eigenvalue weighted by Crippen LogP contribution is 2.38. The number of fused-ring (bicyclic) bond motifs is 1. The third-order valence-corrected chi connectivity index (χ3v) is 6.48. The summed E-state index contributed by atoms with van der Waals surface area (Å²) in [5.41, 5.74) is 1.21. The molecule has 1 aliphatic heterocycles. The van der Waals surface area contributed by atoms with Gasteiger partial charge < -0.3 is 29.6 Å². The van der Waals surface area contributed by atoms with E-state index in [-0.39, 0.29) is 11.4 Å². The van der Waals surface area contributed by atoms with E-state index >= 15 is 0 Å². The lowest BCUT2D eigenvalue weighted by molar-refractivity contribution is 0.0357. The SMILES string of the molecule is COc1cc2c(Oc3ccc(NC(=O)Nc4ccc(F)cc4)cc3F)ccnc2cc1OCCCN1CCOCC1. The number of anilines is 2. The fourth-order valence-electron chi connectivity index (χ4n) is 4.39. The Bertz CT molecular complexity index is 1500. The summed E-state index contributed by atoms with van der Waals surface area (Å²) in [5.74, 6) is 0.311. The van der Waals surface area contributed by atoms with Crippen LogP contribution in [0.3, 0.4) is 0 Å². The van der Waals surface area contributed by atoms with Gasteiger partial charge in [0, 0.05) is 54.7 Å². The van der Waals surface area contributed by atoms with E-state index in [2.05, 4.69) is 20.5 Å². The van der Waals surface area contributed by atoms with Gasteiger partial charge in [-0.3, -0.25) is 9.88 Å². The number of methoxy groups -OCH3 is 1. The lowest BCUT2D eigenvalue weighted by Crippen LogP contribution is -2.37. The van der Waals surface area contributed by atoms with Crippen molar-refractivity contribution in [3.63, 3.8) is 0 Å². The number of ether oxygens (including phenoxy) is 4. The minimum absolute atomic E-state index is 0.0376. The number of pyridine rings is 1. The predicted molar refractivity (Wildman–Crippen MR) is 151 cm³/mol. The van der Waals surface area contributed by atoms with Crippen LogP contribution in [0.1, 0.15) is 6.42 Å². The number of amides is 2. The van der Waals surface area contributed by atoms with Gasteiger partial charge >= 0.3 is 6.03 Å². The molecule has 5 rings (SSSR count). The van der Waals surface area contributed by atoms with E-state index in [1.807, 2.05) is 0 Å². The van der Waals surface area contributed by atoms with Crippen molar-refractivity contribution < 1.29 is 32.5 Å². The average Bonchev–Trinajstić information content (AvgIpc) is 2.98. The van der Waals surface area contributed by atoms with Crippen molar-refractivity contribution in [3.05, 3.63) is 78.5 Å². The van der Waals surface area contributed by atoms with E-state index in [1.54, 1.807) is 31.5 Å². The van der Waals surface area contributed by atoms with Crippen LogP contribution in [0.25, 0.3) is 10.9 Å². The quantitative estimate of drug-likeness (QED) is 0.226. The molecule has 0 spiro atoms. The molecule has 9 nitrogen and oxygen atoms in total. The molecule has 0 bridgehead atoms. The molecule has 3 aromatic carbocycles. The average molecular weight is 565 g/mol. The Balaban J connectivity index is 1.24. The maximum atomic E-state index is 15.0. The van der Waals surface area contributed by atoms with E-state index < -0.39 is 17.7 Å². The van der Waals surface area contributed by atoms with Crippen LogP contribution in [0.2, 0.25) is 0 Å². The Morgan fingerprint density at radius 2 is 1.68 bits per heavy atom. The highest BCUT2D eigenvalue weighted by Gasteiger charge is 2.15. The second kappa shape index (κ2) is 13.2. The Morgan fingerprint density at radius 1 is 0.927 bits per heavy atom. The molecule has 1 aromatic heterocycles. The summed E-state index contributed by atoms with van der Waals surface area (Å²) in [6.45, 7) is 4.82. The van der Waals surface area contributed by atoms with Crippen LogP contribution in [0.4, 0.5) is 25.0 Å². The number of morpholine rings is 1. The number of nitrogens with one attached hydrogen (secondary N) is 2. The zero-order valence-corrected chi connectivity index (χ0v) is 22.5. The van der Waals surface area contributed by atoms with Crippen molar-refractivity contribution in [1.29, 1.82) is 0 Å². The molecular formula is C30H30F2N4O5. The van der Waals surface area contributed by atoms with Crippen molar-refractivity contribution in [2.24, 2.45) is 0 Å². The summed E-state index contributed by atoms with van der Waals surface area (Å²) < 4.78 is 50.9. The van der Waals surface area contributed by atoms with Crippen LogP contribution in [0.5, 0.6) is 23.0 Å². The second-order valence-corrected chi connectivity index (χ2v) is 9.32. The van der Waals surface area contributed by atoms with Crippen molar-refractivity contribution in [1.82, 2.24) is 9.88 Å². The number of urea groups is 1. The van der Waals surface area contributed by atoms with Gasteiger partial charge in [0.05, 0.1) is 32.4 Å². The molecule has 2 N–H and O–H groups in total. The zero-order chi connectivity index (χ0) is 28.6. The zero-order valence-electron chi connectivity index (χ0n) is 22.5. The maximum Gasteiger partial charge on any atom is 0.323 e. The van der Waals surface area contributed by atoms with Crippen LogP contribution in [-0.4, -0.2) is 62.5 Å². The molecule has 41 heavy (non-hydrogen) atoms. The van der Waals surface area contributed by atoms with Gasteiger partial charge in [-0.15, -0.1) is 0 Å². The Labute approximate surface area is 236 Å². The van der Waals surface area contributed by atoms with Gasteiger partial charge in [0.2, 0.25) is 0 Å². The lowest BCUT2D eigenvalue weighted by atomic mass is 10.1. The largest absolute Gasteiger partial charge is 0.493 e. The topological polar surface area (TPSA) is 94.2 Å². The standard InChI is InChI=1S/C30H30F2N4O5/c1-38-28-18-23-25(19-29(28)40-14-2-11-36-12-15-39-16-13-36)33-10-9-26(23)41-27-8-7-22(17-24(27)32)35-30(37)34-21-5-3-20(31)4-6-21/h3-10,17-19H,2,11-16H2,1H3,(H2,34,35,37). The van der Waals surface area contributed by atoms with E-state index in [9.17, 15) is 13.6 Å². The third-order valence-electron chi connectivity index (χ3n) is 6.48. The highest BCUT2D eigenvalue weighted by atomic mass is 19.1. The number of nitrogens with zero attached hydrogens (tertiary/aromatic N) is 2. The fourth-order valence-corrected chi connectivity index (χ4v) is 4.39. The smallest absolute Gasteiger partial charge is 0.323 e. The molecule has 214 valence electrons. The number of hydrogen-bond acceptors (Lipinski definition) is 7. The molecule has 2 amide bonds. The molecule has 1 aliphatic rings. The summed E-state index contributed by atoms with van der Waals surface area (Å²) in [4.78, 5) is 19.0. The Morgan fingerprint density at radius 3 is 2.44 bits per heavy atom. The van der Waals surface area contributed by atoms with Gasteiger partial charge in [-0.05, 0) is 55.0 Å².